The summed E-state index contributed by atoms with van der Waals surface area (Å²) >= 11 is 0. The number of carbonyl (C=O) groups excluding carboxylic acids is 2. The first-order valence-corrected chi connectivity index (χ1v) is 6.96. The summed E-state index contributed by atoms with van der Waals surface area (Å²) in [6.07, 6.45) is -4.10. The van der Waals surface area contributed by atoms with E-state index in [0.29, 0.717) is 12.8 Å². The smallest absolute Gasteiger partial charge is 0.404 e. The van der Waals surface area contributed by atoms with Crippen molar-refractivity contribution < 1.29 is 27.5 Å². The lowest BCUT2D eigenvalue weighted by Crippen LogP contribution is -2.55. The number of methoxy groups -OCH3 is 1. The van der Waals surface area contributed by atoms with E-state index in [-0.39, 0.29) is 44.5 Å². The number of piperidine rings is 1. The third-order valence-corrected chi connectivity index (χ3v) is 4.42. The molecule has 8 heteroatoms. The molecule has 0 aromatic carbocycles. The number of nitrogens with zero attached hydrogens (tertiary/aromatic N) is 1. The van der Waals surface area contributed by atoms with E-state index >= 15 is 0 Å². The Bertz CT molecular complexity index is 411. The minimum atomic E-state index is -4.56. The Kier molecular flexibility index (Phi) is 4.46. The van der Waals surface area contributed by atoms with Gasteiger partial charge in [0.2, 0.25) is 5.91 Å². The maximum Gasteiger partial charge on any atom is 0.404 e. The highest BCUT2D eigenvalue weighted by Gasteiger charge is 2.62. The molecular formula is C13H19F3N2O3. The molecule has 0 aromatic heterocycles. The largest absolute Gasteiger partial charge is 0.469 e. The number of alkyl halides is 3. The first-order chi connectivity index (χ1) is 9.82. The molecule has 1 atom stereocenters. The van der Waals surface area contributed by atoms with E-state index < -0.39 is 17.5 Å². The van der Waals surface area contributed by atoms with Crippen molar-refractivity contribution >= 4 is 11.9 Å². The molecule has 2 saturated heterocycles. The van der Waals surface area contributed by atoms with E-state index in [9.17, 15) is 22.8 Å². The fourth-order valence-corrected chi connectivity index (χ4v) is 3.03. The molecular weight excluding hydrogens is 289 g/mol. The van der Waals surface area contributed by atoms with Crippen LogP contribution in [-0.2, 0) is 14.3 Å². The zero-order valence-electron chi connectivity index (χ0n) is 11.8. The first-order valence-electron chi connectivity index (χ1n) is 6.96. The molecule has 0 radical (unpaired) electrons. The van der Waals surface area contributed by atoms with E-state index in [2.05, 4.69) is 10.1 Å². The van der Waals surface area contributed by atoms with Gasteiger partial charge in [-0.3, -0.25) is 9.59 Å². The molecule has 120 valence electrons. The van der Waals surface area contributed by atoms with Crippen molar-refractivity contribution in [3.8, 4) is 0 Å². The fraction of sp³-hybridized carbons (Fsp3) is 0.846. The molecule has 0 bridgehead atoms. The summed E-state index contributed by atoms with van der Waals surface area (Å²) < 4.78 is 44.6. The summed E-state index contributed by atoms with van der Waals surface area (Å²) in [6.45, 7) is 0.142. The Hall–Kier alpha value is -1.31. The van der Waals surface area contributed by atoms with Crippen molar-refractivity contribution in [2.24, 2.45) is 11.3 Å². The molecule has 0 spiro atoms. The van der Waals surface area contributed by atoms with Gasteiger partial charge >= 0.3 is 12.1 Å². The third kappa shape index (κ3) is 2.86. The highest BCUT2D eigenvalue weighted by atomic mass is 19.4. The minimum Gasteiger partial charge on any atom is -0.469 e. The molecule has 2 rings (SSSR count). The lowest BCUT2D eigenvalue weighted by atomic mass is 9.83. The van der Waals surface area contributed by atoms with Gasteiger partial charge in [-0.05, 0) is 25.8 Å². The second-order valence-corrected chi connectivity index (χ2v) is 5.60. The molecule has 1 unspecified atom stereocenters. The number of rotatable bonds is 2. The number of ether oxygens (including phenoxy) is 1. The van der Waals surface area contributed by atoms with Crippen LogP contribution in [0, 0.1) is 11.3 Å². The van der Waals surface area contributed by atoms with Gasteiger partial charge in [0, 0.05) is 19.6 Å². The van der Waals surface area contributed by atoms with Crippen LogP contribution in [0.1, 0.15) is 19.3 Å². The highest BCUT2D eigenvalue weighted by molar-refractivity contribution is 5.84. The van der Waals surface area contributed by atoms with Gasteiger partial charge in [-0.15, -0.1) is 0 Å². The van der Waals surface area contributed by atoms with Crippen LogP contribution in [0.5, 0.6) is 0 Å². The fourth-order valence-electron chi connectivity index (χ4n) is 3.03. The van der Waals surface area contributed by atoms with E-state index in [4.69, 9.17) is 0 Å². The number of carbonyl (C=O) groups is 2. The topological polar surface area (TPSA) is 58.6 Å². The summed E-state index contributed by atoms with van der Waals surface area (Å²) in [5.74, 6) is -1.57. The monoisotopic (exact) mass is 308 g/mol. The first kappa shape index (κ1) is 16.1. The third-order valence-electron chi connectivity index (χ3n) is 4.42. The second-order valence-electron chi connectivity index (χ2n) is 5.60. The Labute approximate surface area is 120 Å². The number of amides is 1. The number of hydrogen-bond acceptors (Lipinski definition) is 4. The number of nitrogens with one attached hydrogen (secondary N) is 1. The molecule has 2 aliphatic rings. The van der Waals surface area contributed by atoms with Gasteiger partial charge in [-0.1, -0.05) is 0 Å². The summed E-state index contributed by atoms with van der Waals surface area (Å²) in [5.41, 5.74) is -2.31. The van der Waals surface area contributed by atoms with Crippen molar-refractivity contribution in [3.05, 3.63) is 0 Å². The SMILES string of the molecule is COC(=O)C1CCN(C(=O)C2(C(F)(F)F)CCNC2)CC1. The Morgan fingerprint density at radius 2 is 1.90 bits per heavy atom. The normalized spacial score (nSPS) is 27.7. The Morgan fingerprint density at radius 1 is 1.29 bits per heavy atom. The van der Waals surface area contributed by atoms with Gasteiger partial charge in [0.25, 0.3) is 0 Å². The Morgan fingerprint density at radius 3 is 2.33 bits per heavy atom. The van der Waals surface area contributed by atoms with Crippen molar-refractivity contribution in [2.45, 2.75) is 25.4 Å². The summed E-state index contributed by atoms with van der Waals surface area (Å²) in [4.78, 5) is 25.0. The van der Waals surface area contributed by atoms with Gasteiger partial charge in [-0.2, -0.15) is 13.2 Å². The van der Waals surface area contributed by atoms with Crippen molar-refractivity contribution in [1.82, 2.24) is 10.2 Å². The molecule has 0 aromatic rings. The molecule has 21 heavy (non-hydrogen) atoms. The second kappa shape index (κ2) is 5.82. The van der Waals surface area contributed by atoms with E-state index in [1.54, 1.807) is 0 Å². The minimum absolute atomic E-state index is 0.163. The molecule has 2 heterocycles. The molecule has 5 nitrogen and oxygen atoms in total. The average molecular weight is 308 g/mol. The van der Waals surface area contributed by atoms with Crippen LogP contribution in [0.2, 0.25) is 0 Å². The van der Waals surface area contributed by atoms with Gasteiger partial charge in [-0.25, -0.2) is 0 Å². The van der Waals surface area contributed by atoms with Gasteiger partial charge < -0.3 is 15.0 Å². The molecule has 2 fully saturated rings. The van der Waals surface area contributed by atoms with Gasteiger partial charge in [0.15, 0.2) is 5.41 Å². The van der Waals surface area contributed by atoms with Crippen LogP contribution in [0.15, 0.2) is 0 Å². The summed E-state index contributed by atoms with van der Waals surface area (Å²) in [7, 11) is 1.28. The number of hydrogen-bond donors (Lipinski definition) is 1. The predicted octanol–water partition coefficient (Wildman–Crippen LogP) is 0.940. The Balaban J connectivity index is 2.05. The van der Waals surface area contributed by atoms with Crippen LogP contribution >= 0.6 is 0 Å². The summed E-state index contributed by atoms with van der Waals surface area (Å²) in [6, 6.07) is 0. The maximum atomic E-state index is 13.3. The van der Waals surface area contributed by atoms with Crippen LogP contribution in [0.4, 0.5) is 13.2 Å². The number of likely N-dealkylation sites (tertiary alicyclic amines) is 1. The van der Waals surface area contributed by atoms with Gasteiger partial charge in [0.1, 0.15) is 0 Å². The van der Waals surface area contributed by atoms with Crippen LogP contribution in [0.25, 0.3) is 0 Å². The zero-order valence-corrected chi connectivity index (χ0v) is 11.8. The van der Waals surface area contributed by atoms with E-state index in [0.717, 1.165) is 0 Å². The maximum absolute atomic E-state index is 13.3. The average Bonchev–Trinajstić information content (AvgIpc) is 2.96. The molecule has 0 saturated carbocycles. The van der Waals surface area contributed by atoms with E-state index in [1.165, 1.54) is 12.0 Å². The zero-order chi connectivity index (χ0) is 15.7. The lowest BCUT2D eigenvalue weighted by Gasteiger charge is -2.38. The highest BCUT2D eigenvalue weighted by Crippen LogP contribution is 2.44. The summed E-state index contributed by atoms with van der Waals surface area (Å²) in [5, 5.41) is 2.63. The predicted molar refractivity (Wildman–Crippen MR) is 67.3 cm³/mol. The van der Waals surface area contributed by atoms with Crippen molar-refractivity contribution in [1.29, 1.82) is 0 Å². The van der Waals surface area contributed by atoms with E-state index in [1.807, 2.05) is 0 Å². The lowest BCUT2D eigenvalue weighted by molar-refractivity contribution is -0.222. The number of halogens is 3. The molecule has 0 aliphatic carbocycles. The quantitative estimate of drug-likeness (QED) is 0.771. The molecule has 1 N–H and O–H groups in total. The van der Waals surface area contributed by atoms with Crippen molar-refractivity contribution in [2.75, 3.05) is 33.3 Å². The standard InChI is InChI=1S/C13H19F3N2O3/c1-21-10(19)9-2-6-18(7-3-9)11(20)12(13(14,15)16)4-5-17-8-12/h9,17H,2-8H2,1H3. The molecule has 1 amide bonds. The van der Waals surface area contributed by atoms with Crippen LogP contribution in [-0.4, -0.2) is 56.2 Å². The molecule has 2 aliphatic heterocycles. The van der Waals surface area contributed by atoms with Crippen LogP contribution in [0.3, 0.4) is 0 Å². The van der Waals surface area contributed by atoms with Gasteiger partial charge in [0.05, 0.1) is 13.0 Å². The van der Waals surface area contributed by atoms with Crippen LogP contribution < -0.4 is 5.32 Å². The number of esters is 1. The van der Waals surface area contributed by atoms with Crippen molar-refractivity contribution in [3.63, 3.8) is 0 Å².